The first-order valence-electron chi connectivity index (χ1n) is 7.44. The molecule has 1 aromatic rings. The van der Waals surface area contributed by atoms with Gasteiger partial charge in [-0.3, -0.25) is 4.79 Å². The zero-order valence-electron chi connectivity index (χ0n) is 12.1. The standard InChI is InChI=1S/C16H24N2O2/c1-2-15(19)12-7-9-14(10-8-12)18(11-16(17)20)13-5-3-4-6-13/h7-10,13,15,19H,2-6,11H2,1H3,(H2,17,20)/t15-/m1/s1. The second-order valence-electron chi connectivity index (χ2n) is 5.55. The highest BCUT2D eigenvalue weighted by molar-refractivity contribution is 5.79. The number of hydrogen-bond acceptors (Lipinski definition) is 3. The van der Waals surface area contributed by atoms with E-state index < -0.39 is 6.10 Å². The summed E-state index contributed by atoms with van der Waals surface area (Å²) in [7, 11) is 0. The topological polar surface area (TPSA) is 66.6 Å². The highest BCUT2D eigenvalue weighted by atomic mass is 16.3. The monoisotopic (exact) mass is 276 g/mol. The van der Waals surface area contributed by atoms with E-state index in [1.165, 1.54) is 12.8 Å². The SMILES string of the molecule is CC[C@@H](O)c1ccc(N(CC(N)=O)C2CCCC2)cc1. The van der Waals surface area contributed by atoms with Gasteiger partial charge in [0.25, 0.3) is 0 Å². The Morgan fingerprint density at radius 3 is 2.45 bits per heavy atom. The predicted octanol–water partition coefficient (Wildman–Crippen LogP) is 2.36. The fourth-order valence-electron chi connectivity index (χ4n) is 2.94. The van der Waals surface area contributed by atoms with Gasteiger partial charge in [-0.05, 0) is 37.0 Å². The zero-order chi connectivity index (χ0) is 14.5. The van der Waals surface area contributed by atoms with Crippen molar-refractivity contribution in [1.82, 2.24) is 0 Å². The zero-order valence-corrected chi connectivity index (χ0v) is 12.1. The molecule has 1 fully saturated rings. The normalized spacial score (nSPS) is 17.1. The van der Waals surface area contributed by atoms with Crippen molar-refractivity contribution in [2.24, 2.45) is 5.73 Å². The number of primary amides is 1. The molecular weight excluding hydrogens is 252 g/mol. The molecule has 0 spiro atoms. The van der Waals surface area contributed by atoms with E-state index in [2.05, 4.69) is 4.90 Å². The van der Waals surface area contributed by atoms with Crippen molar-refractivity contribution in [2.45, 2.75) is 51.2 Å². The van der Waals surface area contributed by atoms with Crippen molar-refractivity contribution in [1.29, 1.82) is 0 Å². The molecule has 4 nitrogen and oxygen atoms in total. The number of amides is 1. The summed E-state index contributed by atoms with van der Waals surface area (Å²) in [5.74, 6) is -0.297. The number of aliphatic hydroxyl groups excluding tert-OH is 1. The number of benzene rings is 1. The Morgan fingerprint density at radius 1 is 1.35 bits per heavy atom. The van der Waals surface area contributed by atoms with Crippen LogP contribution in [0, 0.1) is 0 Å². The van der Waals surface area contributed by atoms with Gasteiger partial charge in [-0.25, -0.2) is 0 Å². The van der Waals surface area contributed by atoms with Crippen LogP contribution in [0.4, 0.5) is 5.69 Å². The van der Waals surface area contributed by atoms with Crippen LogP contribution in [0.2, 0.25) is 0 Å². The Morgan fingerprint density at radius 2 is 1.95 bits per heavy atom. The maximum atomic E-state index is 11.3. The van der Waals surface area contributed by atoms with Gasteiger partial charge in [-0.2, -0.15) is 0 Å². The first-order valence-corrected chi connectivity index (χ1v) is 7.44. The molecule has 0 unspecified atom stereocenters. The molecule has 0 heterocycles. The molecule has 1 atom stereocenters. The molecule has 110 valence electrons. The van der Waals surface area contributed by atoms with Crippen LogP contribution in [0.3, 0.4) is 0 Å². The molecule has 0 saturated heterocycles. The lowest BCUT2D eigenvalue weighted by Gasteiger charge is -2.30. The van der Waals surface area contributed by atoms with Gasteiger partial charge in [-0.1, -0.05) is 31.9 Å². The van der Waals surface area contributed by atoms with Crippen molar-refractivity contribution in [3.8, 4) is 0 Å². The van der Waals surface area contributed by atoms with E-state index in [0.29, 0.717) is 12.5 Å². The molecule has 1 amide bonds. The van der Waals surface area contributed by atoms with Gasteiger partial charge in [0.15, 0.2) is 0 Å². The summed E-state index contributed by atoms with van der Waals surface area (Å²) in [6, 6.07) is 8.24. The van der Waals surface area contributed by atoms with Gasteiger partial charge in [0.1, 0.15) is 0 Å². The average molecular weight is 276 g/mol. The van der Waals surface area contributed by atoms with Crippen molar-refractivity contribution in [3.05, 3.63) is 29.8 Å². The van der Waals surface area contributed by atoms with E-state index in [4.69, 9.17) is 5.73 Å². The molecule has 0 aromatic heterocycles. The van der Waals surface area contributed by atoms with E-state index in [9.17, 15) is 9.90 Å². The van der Waals surface area contributed by atoms with Gasteiger partial charge in [-0.15, -0.1) is 0 Å². The van der Waals surface area contributed by atoms with E-state index in [-0.39, 0.29) is 12.5 Å². The molecule has 0 radical (unpaired) electrons. The van der Waals surface area contributed by atoms with Crippen molar-refractivity contribution in [3.63, 3.8) is 0 Å². The number of anilines is 1. The minimum Gasteiger partial charge on any atom is -0.388 e. The highest BCUT2D eigenvalue weighted by Crippen LogP contribution is 2.29. The molecule has 3 N–H and O–H groups in total. The number of carbonyl (C=O) groups excluding carboxylic acids is 1. The van der Waals surface area contributed by atoms with Crippen molar-refractivity contribution < 1.29 is 9.90 Å². The molecule has 1 aromatic carbocycles. The third kappa shape index (κ3) is 3.51. The van der Waals surface area contributed by atoms with E-state index in [1.54, 1.807) is 0 Å². The lowest BCUT2D eigenvalue weighted by Crippen LogP contribution is -2.40. The fraction of sp³-hybridized carbons (Fsp3) is 0.562. The number of aliphatic hydroxyl groups is 1. The van der Waals surface area contributed by atoms with Crippen LogP contribution >= 0.6 is 0 Å². The van der Waals surface area contributed by atoms with E-state index in [0.717, 1.165) is 24.1 Å². The van der Waals surface area contributed by atoms with Gasteiger partial charge < -0.3 is 15.7 Å². The van der Waals surface area contributed by atoms with Gasteiger partial charge >= 0.3 is 0 Å². The molecule has 20 heavy (non-hydrogen) atoms. The molecule has 1 aliphatic carbocycles. The largest absolute Gasteiger partial charge is 0.388 e. The van der Waals surface area contributed by atoms with Gasteiger partial charge in [0.2, 0.25) is 5.91 Å². The second-order valence-corrected chi connectivity index (χ2v) is 5.55. The number of hydrogen-bond donors (Lipinski definition) is 2. The summed E-state index contributed by atoms with van der Waals surface area (Å²) in [6.45, 7) is 2.22. The fourth-order valence-corrected chi connectivity index (χ4v) is 2.94. The summed E-state index contributed by atoms with van der Waals surface area (Å²) in [5.41, 5.74) is 7.31. The number of rotatable bonds is 6. The Kier molecular flexibility index (Phi) is 5.01. The summed E-state index contributed by atoms with van der Waals surface area (Å²) >= 11 is 0. The third-order valence-corrected chi connectivity index (χ3v) is 4.09. The molecule has 1 aliphatic rings. The lowest BCUT2D eigenvalue weighted by atomic mass is 10.1. The highest BCUT2D eigenvalue weighted by Gasteiger charge is 2.24. The van der Waals surface area contributed by atoms with E-state index in [1.807, 2.05) is 31.2 Å². The Hall–Kier alpha value is -1.55. The number of carbonyl (C=O) groups is 1. The van der Waals surface area contributed by atoms with Crippen LogP contribution in [0.25, 0.3) is 0 Å². The Balaban J connectivity index is 2.17. The molecule has 2 rings (SSSR count). The second kappa shape index (κ2) is 6.75. The molecule has 1 saturated carbocycles. The van der Waals surface area contributed by atoms with Crippen molar-refractivity contribution in [2.75, 3.05) is 11.4 Å². The summed E-state index contributed by atoms with van der Waals surface area (Å²) in [6.07, 6.45) is 4.95. The van der Waals surface area contributed by atoms with E-state index >= 15 is 0 Å². The van der Waals surface area contributed by atoms with Crippen LogP contribution in [-0.4, -0.2) is 23.6 Å². The summed E-state index contributed by atoms with van der Waals surface area (Å²) in [4.78, 5) is 13.4. The molecule has 0 bridgehead atoms. The quantitative estimate of drug-likeness (QED) is 0.838. The van der Waals surface area contributed by atoms with Crippen LogP contribution in [0.15, 0.2) is 24.3 Å². The third-order valence-electron chi connectivity index (χ3n) is 4.09. The predicted molar refractivity (Wildman–Crippen MR) is 80.5 cm³/mol. The van der Waals surface area contributed by atoms with Crippen LogP contribution < -0.4 is 10.6 Å². The summed E-state index contributed by atoms with van der Waals surface area (Å²) < 4.78 is 0. The smallest absolute Gasteiger partial charge is 0.236 e. The maximum absolute atomic E-state index is 11.3. The number of nitrogens with two attached hydrogens (primary N) is 1. The molecular formula is C16H24N2O2. The van der Waals surface area contributed by atoms with Crippen LogP contribution in [-0.2, 0) is 4.79 Å². The van der Waals surface area contributed by atoms with Crippen molar-refractivity contribution >= 4 is 11.6 Å². The average Bonchev–Trinajstić information content (AvgIpc) is 2.98. The van der Waals surface area contributed by atoms with Gasteiger partial charge in [0, 0.05) is 11.7 Å². The number of nitrogens with zero attached hydrogens (tertiary/aromatic N) is 1. The van der Waals surface area contributed by atoms with Crippen LogP contribution in [0.5, 0.6) is 0 Å². The molecule has 4 heteroatoms. The maximum Gasteiger partial charge on any atom is 0.236 e. The van der Waals surface area contributed by atoms with Gasteiger partial charge in [0.05, 0.1) is 12.6 Å². The minimum absolute atomic E-state index is 0.264. The first-order chi connectivity index (χ1) is 9.61. The minimum atomic E-state index is -0.417. The van der Waals surface area contributed by atoms with Crippen LogP contribution in [0.1, 0.15) is 50.7 Å². The lowest BCUT2D eigenvalue weighted by molar-refractivity contribution is -0.116. The first kappa shape index (κ1) is 14.9. The Bertz CT molecular complexity index is 438. The Labute approximate surface area is 120 Å². The molecule has 0 aliphatic heterocycles. The summed E-state index contributed by atoms with van der Waals surface area (Å²) in [5, 5.41) is 9.83.